The third-order valence-corrected chi connectivity index (χ3v) is 5.12. The SMILES string of the molecule is CCOc1ccc(C(=O)N[C@H](C)c2ccc(Cl)cc2)cc1COc1ccccc1Cl. The normalized spacial score (nSPS) is 11.6. The molecule has 30 heavy (non-hydrogen) atoms. The van der Waals surface area contributed by atoms with E-state index in [1.54, 1.807) is 42.5 Å². The van der Waals surface area contributed by atoms with Crippen LogP contribution in [0.15, 0.2) is 66.7 Å². The van der Waals surface area contributed by atoms with Crippen molar-refractivity contribution < 1.29 is 14.3 Å². The molecule has 0 spiro atoms. The van der Waals surface area contributed by atoms with Gasteiger partial charge in [-0.15, -0.1) is 0 Å². The average Bonchev–Trinajstić information content (AvgIpc) is 2.74. The maximum absolute atomic E-state index is 12.8. The molecule has 1 N–H and O–H groups in total. The Morgan fingerprint density at radius 2 is 1.70 bits per heavy atom. The van der Waals surface area contributed by atoms with Gasteiger partial charge >= 0.3 is 0 Å². The smallest absolute Gasteiger partial charge is 0.251 e. The number of benzene rings is 3. The molecular formula is C24H23Cl2NO3. The number of halogens is 2. The highest BCUT2D eigenvalue weighted by Gasteiger charge is 2.15. The predicted octanol–water partition coefficient (Wildman–Crippen LogP) is 6.46. The van der Waals surface area contributed by atoms with Gasteiger partial charge in [0.25, 0.3) is 5.91 Å². The summed E-state index contributed by atoms with van der Waals surface area (Å²) in [5.74, 6) is 1.07. The molecule has 0 aromatic heterocycles. The summed E-state index contributed by atoms with van der Waals surface area (Å²) < 4.78 is 11.5. The number of ether oxygens (including phenoxy) is 2. The number of carbonyl (C=O) groups excluding carboxylic acids is 1. The molecule has 0 fully saturated rings. The summed E-state index contributed by atoms with van der Waals surface area (Å²) >= 11 is 12.1. The number of rotatable bonds is 8. The van der Waals surface area contributed by atoms with Gasteiger partial charge in [-0.1, -0.05) is 47.5 Å². The zero-order valence-electron chi connectivity index (χ0n) is 16.8. The number of hydrogen-bond acceptors (Lipinski definition) is 3. The van der Waals surface area contributed by atoms with Gasteiger partial charge in [-0.3, -0.25) is 4.79 Å². The molecule has 0 aliphatic carbocycles. The summed E-state index contributed by atoms with van der Waals surface area (Å²) in [6, 6.07) is 19.8. The molecule has 1 amide bonds. The largest absolute Gasteiger partial charge is 0.493 e. The molecule has 0 aliphatic heterocycles. The summed E-state index contributed by atoms with van der Waals surface area (Å²) in [6.45, 7) is 4.58. The van der Waals surface area contributed by atoms with E-state index in [2.05, 4.69) is 5.32 Å². The first kappa shape index (κ1) is 22.0. The van der Waals surface area contributed by atoms with Crippen molar-refractivity contribution in [2.75, 3.05) is 6.61 Å². The van der Waals surface area contributed by atoms with Gasteiger partial charge in [-0.25, -0.2) is 0 Å². The highest BCUT2D eigenvalue weighted by Crippen LogP contribution is 2.27. The molecule has 3 rings (SSSR count). The van der Waals surface area contributed by atoms with Crippen molar-refractivity contribution >= 4 is 29.1 Å². The summed E-state index contributed by atoms with van der Waals surface area (Å²) in [7, 11) is 0. The van der Waals surface area contributed by atoms with Crippen molar-refractivity contribution in [2.45, 2.75) is 26.5 Å². The second kappa shape index (κ2) is 10.4. The van der Waals surface area contributed by atoms with E-state index in [-0.39, 0.29) is 18.6 Å². The van der Waals surface area contributed by atoms with E-state index in [4.69, 9.17) is 32.7 Å². The van der Waals surface area contributed by atoms with Crippen LogP contribution in [0.3, 0.4) is 0 Å². The Hall–Kier alpha value is -2.69. The van der Waals surface area contributed by atoms with Gasteiger partial charge in [-0.2, -0.15) is 0 Å². The molecule has 156 valence electrons. The van der Waals surface area contributed by atoms with Gasteiger partial charge in [0, 0.05) is 16.1 Å². The van der Waals surface area contributed by atoms with Crippen LogP contribution in [-0.4, -0.2) is 12.5 Å². The van der Waals surface area contributed by atoms with Crippen LogP contribution in [0.2, 0.25) is 10.0 Å². The quantitative estimate of drug-likeness (QED) is 0.434. The average molecular weight is 444 g/mol. The van der Waals surface area contributed by atoms with E-state index in [0.29, 0.717) is 33.7 Å². The van der Waals surface area contributed by atoms with E-state index in [9.17, 15) is 4.79 Å². The van der Waals surface area contributed by atoms with Crippen LogP contribution >= 0.6 is 23.2 Å². The van der Waals surface area contributed by atoms with Crippen molar-refractivity contribution in [1.29, 1.82) is 0 Å². The first-order valence-electron chi connectivity index (χ1n) is 9.67. The molecule has 3 aromatic carbocycles. The molecule has 1 atom stereocenters. The fourth-order valence-corrected chi connectivity index (χ4v) is 3.28. The lowest BCUT2D eigenvalue weighted by Crippen LogP contribution is -2.26. The summed E-state index contributed by atoms with van der Waals surface area (Å²) in [4.78, 5) is 12.8. The molecule has 4 nitrogen and oxygen atoms in total. The van der Waals surface area contributed by atoms with Crippen molar-refractivity contribution in [3.8, 4) is 11.5 Å². The molecule has 0 bridgehead atoms. The Balaban J connectivity index is 1.76. The van der Waals surface area contributed by atoms with Crippen LogP contribution in [0.5, 0.6) is 11.5 Å². The van der Waals surface area contributed by atoms with Gasteiger partial charge < -0.3 is 14.8 Å². The molecular weight excluding hydrogens is 421 g/mol. The number of carbonyl (C=O) groups is 1. The van der Waals surface area contributed by atoms with Gasteiger partial charge in [-0.05, 0) is 61.9 Å². The fraction of sp³-hybridized carbons (Fsp3) is 0.208. The van der Waals surface area contributed by atoms with Crippen LogP contribution in [0.4, 0.5) is 0 Å². The van der Waals surface area contributed by atoms with Crippen LogP contribution in [0.1, 0.15) is 41.4 Å². The highest BCUT2D eigenvalue weighted by molar-refractivity contribution is 6.32. The van der Waals surface area contributed by atoms with Crippen LogP contribution in [-0.2, 0) is 6.61 Å². The van der Waals surface area contributed by atoms with Gasteiger partial charge in [0.15, 0.2) is 0 Å². The summed E-state index contributed by atoms with van der Waals surface area (Å²) in [5, 5.41) is 4.20. The second-order valence-corrected chi connectivity index (χ2v) is 7.56. The molecule has 0 saturated heterocycles. The van der Waals surface area contributed by atoms with Crippen LogP contribution in [0.25, 0.3) is 0 Å². The number of para-hydroxylation sites is 1. The molecule has 0 unspecified atom stereocenters. The van der Waals surface area contributed by atoms with Crippen molar-refractivity contribution in [2.24, 2.45) is 0 Å². The van der Waals surface area contributed by atoms with Gasteiger partial charge in [0.1, 0.15) is 18.1 Å². The number of hydrogen-bond donors (Lipinski definition) is 1. The van der Waals surface area contributed by atoms with Crippen LogP contribution in [0, 0.1) is 0 Å². The third kappa shape index (κ3) is 5.68. The first-order valence-corrected chi connectivity index (χ1v) is 10.4. The van der Waals surface area contributed by atoms with E-state index in [1.807, 2.05) is 38.1 Å². The number of nitrogens with one attached hydrogen (secondary N) is 1. The number of amides is 1. The Labute approximate surface area is 186 Å². The van der Waals surface area contributed by atoms with Crippen molar-refractivity contribution in [3.63, 3.8) is 0 Å². The minimum Gasteiger partial charge on any atom is -0.493 e. The lowest BCUT2D eigenvalue weighted by atomic mass is 10.1. The standard InChI is InChI=1S/C24H23Cl2NO3/c1-3-29-22-13-10-18(14-19(22)15-30-23-7-5-4-6-21(23)26)24(28)27-16(2)17-8-11-20(25)12-9-17/h4-14,16H,3,15H2,1-2H3,(H,27,28)/t16-/m1/s1. The lowest BCUT2D eigenvalue weighted by Gasteiger charge is -2.16. The molecule has 3 aromatic rings. The predicted molar refractivity (Wildman–Crippen MR) is 121 cm³/mol. The minimum absolute atomic E-state index is 0.163. The zero-order valence-corrected chi connectivity index (χ0v) is 18.3. The Morgan fingerprint density at radius 1 is 0.967 bits per heavy atom. The summed E-state index contributed by atoms with van der Waals surface area (Å²) in [6.07, 6.45) is 0. The van der Waals surface area contributed by atoms with Crippen molar-refractivity contribution in [3.05, 3.63) is 93.5 Å². The van der Waals surface area contributed by atoms with E-state index in [1.165, 1.54) is 0 Å². The highest BCUT2D eigenvalue weighted by atomic mass is 35.5. The third-order valence-electron chi connectivity index (χ3n) is 4.56. The topological polar surface area (TPSA) is 47.6 Å². The van der Waals surface area contributed by atoms with E-state index < -0.39 is 0 Å². The maximum Gasteiger partial charge on any atom is 0.251 e. The van der Waals surface area contributed by atoms with Gasteiger partial charge in [0.2, 0.25) is 0 Å². The maximum atomic E-state index is 12.8. The van der Waals surface area contributed by atoms with E-state index in [0.717, 1.165) is 11.1 Å². The zero-order chi connectivity index (χ0) is 21.5. The molecule has 0 aliphatic rings. The van der Waals surface area contributed by atoms with Crippen LogP contribution < -0.4 is 14.8 Å². The first-order chi connectivity index (χ1) is 14.5. The molecule has 0 heterocycles. The Bertz CT molecular complexity index is 1010. The fourth-order valence-electron chi connectivity index (χ4n) is 2.96. The lowest BCUT2D eigenvalue weighted by molar-refractivity contribution is 0.0939. The van der Waals surface area contributed by atoms with E-state index >= 15 is 0 Å². The Kier molecular flexibility index (Phi) is 7.61. The monoisotopic (exact) mass is 443 g/mol. The molecule has 6 heteroatoms. The molecule has 0 radical (unpaired) electrons. The Morgan fingerprint density at radius 3 is 2.40 bits per heavy atom. The molecule has 0 saturated carbocycles. The minimum atomic E-state index is -0.181. The summed E-state index contributed by atoms with van der Waals surface area (Å²) in [5.41, 5.74) is 2.27. The van der Waals surface area contributed by atoms with Gasteiger partial charge in [0.05, 0.1) is 17.7 Å². The van der Waals surface area contributed by atoms with Crippen molar-refractivity contribution in [1.82, 2.24) is 5.32 Å². The second-order valence-electron chi connectivity index (χ2n) is 6.72.